The maximum atomic E-state index is 12.8. The van der Waals surface area contributed by atoms with Crippen molar-refractivity contribution in [2.45, 2.75) is 37.8 Å². The van der Waals surface area contributed by atoms with Gasteiger partial charge in [-0.05, 0) is 55.2 Å². The van der Waals surface area contributed by atoms with E-state index in [9.17, 15) is 9.90 Å². The number of methoxy groups -OCH3 is 1. The summed E-state index contributed by atoms with van der Waals surface area (Å²) in [5.74, 6) is 0.791. The van der Waals surface area contributed by atoms with Gasteiger partial charge in [-0.15, -0.1) is 0 Å². The van der Waals surface area contributed by atoms with Crippen LogP contribution in [0, 0.1) is 0 Å². The molecule has 1 fully saturated rings. The third kappa shape index (κ3) is 3.66. The number of benzene rings is 1. The number of likely N-dealkylation sites (tertiary alicyclic amines) is 1. The molecular weight excluding hydrogens is 316 g/mol. The Balaban J connectivity index is 1.78. The molecule has 0 unspecified atom stereocenters. The van der Waals surface area contributed by atoms with Crippen LogP contribution in [0.25, 0.3) is 0 Å². The first-order chi connectivity index (χ1) is 12.0. The molecule has 132 valence electrons. The van der Waals surface area contributed by atoms with Crippen LogP contribution in [-0.2, 0) is 16.8 Å². The average Bonchev–Trinajstić information content (AvgIpc) is 3.13. The van der Waals surface area contributed by atoms with Crippen molar-refractivity contribution in [2.24, 2.45) is 0 Å². The van der Waals surface area contributed by atoms with Crippen LogP contribution in [-0.4, -0.2) is 40.6 Å². The molecule has 1 aliphatic heterocycles. The Morgan fingerprint density at radius 3 is 2.60 bits per heavy atom. The molecule has 1 amide bonds. The van der Waals surface area contributed by atoms with E-state index >= 15 is 0 Å². The van der Waals surface area contributed by atoms with Crippen molar-refractivity contribution < 1.29 is 14.6 Å². The zero-order valence-corrected chi connectivity index (χ0v) is 14.7. The summed E-state index contributed by atoms with van der Waals surface area (Å²) in [6, 6.07) is 10.9. The molecule has 1 N–H and O–H groups in total. The predicted molar refractivity (Wildman–Crippen MR) is 95.2 cm³/mol. The first-order valence-corrected chi connectivity index (χ1v) is 8.57. The van der Waals surface area contributed by atoms with Gasteiger partial charge in [0, 0.05) is 18.9 Å². The number of nitrogens with zero attached hydrogens (tertiary/aromatic N) is 2. The number of hydrogen-bond donors (Lipinski definition) is 1. The lowest BCUT2D eigenvalue weighted by molar-refractivity contribution is -0.137. The molecule has 2 heterocycles. The topological polar surface area (TPSA) is 62.7 Å². The van der Waals surface area contributed by atoms with Gasteiger partial charge in [-0.2, -0.15) is 0 Å². The number of ether oxygens (including phenoxy) is 1. The Morgan fingerprint density at radius 2 is 1.96 bits per heavy atom. The Bertz CT molecular complexity index is 713. The highest BCUT2D eigenvalue weighted by Crippen LogP contribution is 2.35. The van der Waals surface area contributed by atoms with Crippen molar-refractivity contribution in [1.29, 1.82) is 0 Å². The predicted octanol–water partition coefficient (Wildman–Crippen LogP) is 2.53. The van der Waals surface area contributed by atoms with Gasteiger partial charge in [0.1, 0.15) is 11.4 Å². The molecule has 0 radical (unpaired) electrons. The normalized spacial score (nSPS) is 19.5. The van der Waals surface area contributed by atoms with Gasteiger partial charge in [-0.3, -0.25) is 9.78 Å². The standard InChI is InChI=1S/C20H24N2O3/c1-20(24,16-5-7-17(25-2)8-6-16)18-4-3-13-22(18)19(23)14-15-9-11-21-12-10-15/h5-12,18,24H,3-4,13-14H2,1-2H3/t18-,20-/m0/s1. The van der Waals surface area contributed by atoms with Crippen LogP contribution in [0.15, 0.2) is 48.8 Å². The Hall–Kier alpha value is -2.40. The second-order valence-corrected chi connectivity index (χ2v) is 6.65. The molecule has 2 aromatic rings. The fraction of sp³-hybridized carbons (Fsp3) is 0.400. The number of amides is 1. The highest BCUT2D eigenvalue weighted by atomic mass is 16.5. The van der Waals surface area contributed by atoms with Gasteiger partial charge in [0.05, 0.1) is 19.6 Å². The number of pyridine rings is 1. The maximum absolute atomic E-state index is 12.8. The second kappa shape index (κ2) is 7.23. The van der Waals surface area contributed by atoms with E-state index in [0.29, 0.717) is 13.0 Å². The summed E-state index contributed by atoms with van der Waals surface area (Å²) >= 11 is 0. The molecule has 5 nitrogen and oxygen atoms in total. The van der Waals surface area contributed by atoms with E-state index in [1.165, 1.54) is 0 Å². The zero-order chi connectivity index (χ0) is 17.9. The lowest BCUT2D eigenvalue weighted by Crippen LogP contribution is -2.48. The van der Waals surface area contributed by atoms with Gasteiger partial charge in [-0.1, -0.05) is 12.1 Å². The minimum Gasteiger partial charge on any atom is -0.497 e. The van der Waals surface area contributed by atoms with Crippen LogP contribution in [0.1, 0.15) is 30.9 Å². The molecule has 1 aliphatic rings. The van der Waals surface area contributed by atoms with Crippen molar-refractivity contribution >= 4 is 5.91 Å². The molecule has 1 saturated heterocycles. The molecular formula is C20H24N2O3. The maximum Gasteiger partial charge on any atom is 0.227 e. The Labute approximate surface area is 148 Å². The van der Waals surface area contributed by atoms with Crippen molar-refractivity contribution in [3.63, 3.8) is 0 Å². The molecule has 5 heteroatoms. The minimum atomic E-state index is -1.10. The summed E-state index contributed by atoms with van der Waals surface area (Å²) in [5.41, 5.74) is 0.632. The lowest BCUT2D eigenvalue weighted by atomic mass is 9.86. The fourth-order valence-corrected chi connectivity index (χ4v) is 3.55. The largest absolute Gasteiger partial charge is 0.497 e. The van der Waals surface area contributed by atoms with Crippen LogP contribution in [0.2, 0.25) is 0 Å². The number of aromatic nitrogens is 1. The molecule has 1 aromatic carbocycles. The summed E-state index contributed by atoms with van der Waals surface area (Å²) in [4.78, 5) is 18.6. The molecule has 2 atom stereocenters. The van der Waals surface area contributed by atoms with Gasteiger partial charge in [0.25, 0.3) is 0 Å². The summed E-state index contributed by atoms with van der Waals surface area (Å²) < 4.78 is 5.18. The van der Waals surface area contributed by atoms with Gasteiger partial charge < -0.3 is 14.7 Å². The first kappa shape index (κ1) is 17.4. The van der Waals surface area contributed by atoms with Crippen molar-refractivity contribution in [2.75, 3.05) is 13.7 Å². The van der Waals surface area contributed by atoms with Crippen LogP contribution in [0.4, 0.5) is 0 Å². The van der Waals surface area contributed by atoms with E-state index in [1.807, 2.05) is 41.3 Å². The number of hydrogen-bond acceptors (Lipinski definition) is 4. The van der Waals surface area contributed by atoms with Gasteiger partial charge >= 0.3 is 0 Å². The molecule has 0 spiro atoms. The summed E-state index contributed by atoms with van der Waals surface area (Å²) in [6.45, 7) is 2.47. The van der Waals surface area contributed by atoms with Crippen LogP contribution in [0.3, 0.4) is 0 Å². The van der Waals surface area contributed by atoms with Crippen molar-refractivity contribution in [3.05, 3.63) is 59.9 Å². The van der Waals surface area contributed by atoms with Crippen molar-refractivity contribution in [3.8, 4) is 5.75 Å². The number of carbonyl (C=O) groups excluding carboxylic acids is 1. The van der Waals surface area contributed by atoms with Crippen LogP contribution >= 0.6 is 0 Å². The van der Waals surface area contributed by atoms with E-state index < -0.39 is 5.60 Å². The molecule has 3 rings (SSSR count). The molecule has 1 aromatic heterocycles. The van der Waals surface area contributed by atoms with E-state index in [4.69, 9.17) is 4.74 Å². The lowest BCUT2D eigenvalue weighted by Gasteiger charge is -2.37. The minimum absolute atomic E-state index is 0.0440. The van der Waals surface area contributed by atoms with E-state index in [1.54, 1.807) is 26.4 Å². The van der Waals surface area contributed by atoms with Crippen molar-refractivity contribution in [1.82, 2.24) is 9.88 Å². The van der Waals surface area contributed by atoms with Gasteiger partial charge in [0.15, 0.2) is 0 Å². The SMILES string of the molecule is COc1ccc([C@](C)(O)[C@@H]2CCCN2C(=O)Cc2ccncc2)cc1. The molecule has 0 aliphatic carbocycles. The Kier molecular flexibility index (Phi) is 5.04. The average molecular weight is 340 g/mol. The molecule has 25 heavy (non-hydrogen) atoms. The first-order valence-electron chi connectivity index (χ1n) is 8.57. The zero-order valence-electron chi connectivity index (χ0n) is 14.7. The third-order valence-electron chi connectivity index (χ3n) is 5.00. The van der Waals surface area contributed by atoms with Crippen LogP contribution in [0.5, 0.6) is 5.75 Å². The fourth-order valence-electron chi connectivity index (χ4n) is 3.55. The van der Waals surface area contributed by atoms with E-state index in [0.717, 1.165) is 29.7 Å². The van der Waals surface area contributed by atoms with Gasteiger partial charge in [-0.25, -0.2) is 0 Å². The molecule has 0 bridgehead atoms. The highest BCUT2D eigenvalue weighted by Gasteiger charge is 2.42. The number of aliphatic hydroxyl groups is 1. The van der Waals surface area contributed by atoms with Gasteiger partial charge in [0.2, 0.25) is 5.91 Å². The van der Waals surface area contributed by atoms with E-state index in [2.05, 4.69) is 4.98 Å². The second-order valence-electron chi connectivity index (χ2n) is 6.65. The summed E-state index contributed by atoms with van der Waals surface area (Å²) in [7, 11) is 1.61. The summed E-state index contributed by atoms with van der Waals surface area (Å²) in [6.07, 6.45) is 5.41. The number of rotatable bonds is 5. The summed E-state index contributed by atoms with van der Waals surface area (Å²) in [5, 5.41) is 11.2. The molecule has 0 saturated carbocycles. The third-order valence-corrected chi connectivity index (χ3v) is 5.00. The highest BCUT2D eigenvalue weighted by molar-refractivity contribution is 5.79. The van der Waals surface area contributed by atoms with Crippen LogP contribution < -0.4 is 4.74 Å². The smallest absolute Gasteiger partial charge is 0.227 e. The monoisotopic (exact) mass is 340 g/mol. The number of carbonyl (C=O) groups is 1. The quantitative estimate of drug-likeness (QED) is 0.908. The van der Waals surface area contributed by atoms with E-state index in [-0.39, 0.29) is 11.9 Å². The Morgan fingerprint density at radius 1 is 1.28 bits per heavy atom.